The third kappa shape index (κ3) is 5.01. The van der Waals surface area contributed by atoms with Gasteiger partial charge in [-0.05, 0) is 69.3 Å². The van der Waals surface area contributed by atoms with Crippen LogP contribution in [0, 0.1) is 7.14 Å². The van der Waals surface area contributed by atoms with Crippen LogP contribution < -0.4 is 5.32 Å². The maximum Gasteiger partial charge on any atom is 0.142 e. The number of halogens is 4. The molecule has 1 heterocycles. The average molecular weight is 545 g/mol. The molecule has 0 unspecified atom stereocenters. The van der Waals surface area contributed by atoms with Gasteiger partial charge in [-0.25, -0.2) is 0 Å². The van der Waals surface area contributed by atoms with E-state index in [1.54, 1.807) is 0 Å². The molecule has 116 valence electrons. The molecule has 1 aromatic rings. The Morgan fingerprint density at radius 2 is 1.70 bits per heavy atom. The first-order valence-corrected chi connectivity index (χ1v) is 8.42. The van der Waals surface area contributed by atoms with Crippen molar-refractivity contribution >= 4 is 70.0 Å². The van der Waals surface area contributed by atoms with Crippen LogP contribution in [0.2, 0.25) is 0 Å². The lowest BCUT2D eigenvalue weighted by atomic mass is 10.0. The summed E-state index contributed by atoms with van der Waals surface area (Å²) in [6.07, 6.45) is 1.11. The minimum absolute atomic E-state index is 0. The van der Waals surface area contributed by atoms with Gasteiger partial charge in [-0.3, -0.25) is 4.90 Å². The van der Waals surface area contributed by atoms with Crippen molar-refractivity contribution < 1.29 is 5.11 Å². The van der Waals surface area contributed by atoms with Gasteiger partial charge in [0.1, 0.15) is 5.75 Å². The summed E-state index contributed by atoms with van der Waals surface area (Å²) >= 11 is 4.42. The molecule has 1 fully saturated rings. The lowest BCUT2D eigenvalue weighted by molar-refractivity contribution is 0.169. The van der Waals surface area contributed by atoms with Crippen LogP contribution in [-0.2, 0) is 0 Å². The van der Waals surface area contributed by atoms with E-state index in [1.165, 1.54) is 5.56 Å². The number of hydrogen-bond donors (Lipinski definition) is 2. The molecule has 0 radical (unpaired) electrons. The summed E-state index contributed by atoms with van der Waals surface area (Å²) in [7, 11) is 0. The SMILES string of the molecule is CC[C@@H](c1cc(I)c(O)c(I)c1)N1CCNCC1.Cl.Cl. The van der Waals surface area contributed by atoms with Crippen molar-refractivity contribution in [2.45, 2.75) is 19.4 Å². The van der Waals surface area contributed by atoms with Crippen LogP contribution in [0.3, 0.4) is 0 Å². The molecule has 0 saturated carbocycles. The minimum Gasteiger partial charge on any atom is -0.506 e. The van der Waals surface area contributed by atoms with E-state index in [4.69, 9.17) is 0 Å². The summed E-state index contributed by atoms with van der Waals surface area (Å²) in [6, 6.07) is 4.71. The van der Waals surface area contributed by atoms with E-state index in [9.17, 15) is 5.11 Å². The Hall–Kier alpha value is 0.980. The Bertz CT molecular complexity index is 406. The second-order valence-corrected chi connectivity index (χ2v) is 6.87. The van der Waals surface area contributed by atoms with E-state index in [0.717, 1.165) is 39.7 Å². The van der Waals surface area contributed by atoms with E-state index >= 15 is 0 Å². The van der Waals surface area contributed by atoms with Gasteiger partial charge in [0.05, 0.1) is 7.14 Å². The highest BCUT2D eigenvalue weighted by Crippen LogP contribution is 2.33. The molecule has 1 aromatic carbocycles. The molecule has 0 aliphatic carbocycles. The van der Waals surface area contributed by atoms with Crippen LogP contribution in [-0.4, -0.2) is 36.2 Å². The summed E-state index contributed by atoms with van der Waals surface area (Å²) in [6.45, 7) is 6.59. The molecule has 3 nitrogen and oxygen atoms in total. The summed E-state index contributed by atoms with van der Waals surface area (Å²) in [5, 5.41) is 13.2. The molecule has 0 amide bonds. The van der Waals surface area contributed by atoms with Crippen molar-refractivity contribution in [1.29, 1.82) is 0 Å². The van der Waals surface area contributed by atoms with Crippen molar-refractivity contribution in [3.63, 3.8) is 0 Å². The first-order chi connectivity index (χ1) is 8.63. The Kier molecular flexibility index (Phi) is 10.4. The molecule has 7 heteroatoms. The van der Waals surface area contributed by atoms with E-state index in [2.05, 4.69) is 74.5 Å². The van der Waals surface area contributed by atoms with Gasteiger partial charge in [-0.1, -0.05) is 6.92 Å². The lowest BCUT2D eigenvalue weighted by Gasteiger charge is -2.35. The molecular weight excluding hydrogens is 525 g/mol. The summed E-state index contributed by atoms with van der Waals surface area (Å²) in [4.78, 5) is 2.54. The first kappa shape index (κ1) is 21.0. The van der Waals surface area contributed by atoms with Gasteiger partial charge in [0.25, 0.3) is 0 Å². The summed E-state index contributed by atoms with van der Waals surface area (Å²) < 4.78 is 1.89. The number of benzene rings is 1. The van der Waals surface area contributed by atoms with Crippen LogP contribution in [0.1, 0.15) is 24.9 Å². The molecule has 2 rings (SSSR count). The lowest BCUT2D eigenvalue weighted by Crippen LogP contribution is -2.45. The molecule has 1 atom stereocenters. The molecule has 1 aliphatic rings. The number of piperazine rings is 1. The van der Waals surface area contributed by atoms with Gasteiger partial charge in [0.15, 0.2) is 0 Å². The van der Waals surface area contributed by atoms with Gasteiger partial charge in [-0.2, -0.15) is 0 Å². The number of hydrogen-bond acceptors (Lipinski definition) is 3. The largest absolute Gasteiger partial charge is 0.506 e. The highest BCUT2D eigenvalue weighted by molar-refractivity contribution is 14.1. The van der Waals surface area contributed by atoms with E-state index in [-0.39, 0.29) is 24.8 Å². The smallest absolute Gasteiger partial charge is 0.142 e. The zero-order valence-corrected chi connectivity index (χ0v) is 17.2. The molecule has 0 aromatic heterocycles. The molecule has 1 saturated heterocycles. The van der Waals surface area contributed by atoms with Crippen molar-refractivity contribution in [2.75, 3.05) is 26.2 Å². The van der Waals surface area contributed by atoms with Gasteiger partial charge in [0.2, 0.25) is 0 Å². The quantitative estimate of drug-likeness (QED) is 0.568. The molecule has 2 N–H and O–H groups in total. The Balaban J connectivity index is 0.00000180. The molecule has 20 heavy (non-hydrogen) atoms. The van der Waals surface area contributed by atoms with Crippen LogP contribution >= 0.6 is 70.0 Å². The van der Waals surface area contributed by atoms with Crippen LogP contribution in [0.5, 0.6) is 5.75 Å². The maximum atomic E-state index is 9.86. The normalized spacial score (nSPS) is 16.9. The second kappa shape index (κ2) is 9.89. The van der Waals surface area contributed by atoms with Gasteiger partial charge < -0.3 is 10.4 Å². The van der Waals surface area contributed by atoms with Crippen molar-refractivity contribution in [3.8, 4) is 5.75 Å². The fourth-order valence-electron chi connectivity index (χ4n) is 2.48. The fraction of sp³-hybridized carbons (Fsp3) is 0.538. The Morgan fingerprint density at radius 3 is 2.15 bits per heavy atom. The predicted molar refractivity (Wildman–Crippen MR) is 106 cm³/mol. The number of phenolic OH excluding ortho intramolecular Hbond substituents is 1. The third-order valence-corrected chi connectivity index (χ3v) is 5.05. The van der Waals surface area contributed by atoms with Gasteiger partial charge in [0, 0.05) is 32.2 Å². The molecule has 1 aliphatic heterocycles. The summed E-state index contributed by atoms with van der Waals surface area (Å²) in [5.41, 5.74) is 1.33. The van der Waals surface area contributed by atoms with Crippen LogP contribution in [0.15, 0.2) is 12.1 Å². The number of rotatable bonds is 3. The van der Waals surface area contributed by atoms with Crippen molar-refractivity contribution in [2.24, 2.45) is 0 Å². The predicted octanol–water partition coefficient (Wildman–Crippen LogP) is 3.80. The molecular formula is C13H20Cl2I2N2O. The fourth-order valence-corrected chi connectivity index (χ4v) is 4.29. The molecule has 0 bridgehead atoms. The number of aromatic hydroxyl groups is 1. The second-order valence-electron chi connectivity index (χ2n) is 4.54. The number of nitrogens with one attached hydrogen (secondary N) is 1. The summed E-state index contributed by atoms with van der Waals surface area (Å²) in [5.74, 6) is 0.412. The van der Waals surface area contributed by atoms with Crippen LogP contribution in [0.4, 0.5) is 0 Å². The first-order valence-electron chi connectivity index (χ1n) is 6.26. The standard InChI is InChI=1S/C13H18I2N2O.2ClH/c1-2-12(17-5-3-16-4-6-17)9-7-10(14)13(18)11(15)8-9;;/h7-8,12,16,18H,2-6H2,1H3;2*1H/t12-;;/m0../s1. The maximum absolute atomic E-state index is 9.86. The topological polar surface area (TPSA) is 35.5 Å². The van der Waals surface area contributed by atoms with Gasteiger partial charge >= 0.3 is 0 Å². The Morgan fingerprint density at radius 1 is 1.20 bits per heavy atom. The van der Waals surface area contributed by atoms with E-state index in [0.29, 0.717) is 11.8 Å². The van der Waals surface area contributed by atoms with E-state index in [1.807, 2.05) is 0 Å². The van der Waals surface area contributed by atoms with Crippen molar-refractivity contribution in [1.82, 2.24) is 10.2 Å². The highest BCUT2D eigenvalue weighted by atomic mass is 127. The molecule has 0 spiro atoms. The average Bonchev–Trinajstić information content (AvgIpc) is 2.38. The number of nitrogens with zero attached hydrogens (tertiary/aromatic N) is 1. The van der Waals surface area contributed by atoms with Crippen molar-refractivity contribution in [3.05, 3.63) is 24.8 Å². The number of phenols is 1. The Labute approximate surface area is 160 Å². The zero-order valence-electron chi connectivity index (χ0n) is 11.2. The zero-order chi connectivity index (χ0) is 13.1. The highest BCUT2D eigenvalue weighted by Gasteiger charge is 2.21. The van der Waals surface area contributed by atoms with Gasteiger partial charge in [-0.15, -0.1) is 24.8 Å². The minimum atomic E-state index is 0. The monoisotopic (exact) mass is 544 g/mol. The van der Waals surface area contributed by atoms with E-state index < -0.39 is 0 Å². The van der Waals surface area contributed by atoms with Crippen LogP contribution in [0.25, 0.3) is 0 Å². The third-order valence-electron chi connectivity index (χ3n) is 3.40.